The van der Waals surface area contributed by atoms with Crippen LogP contribution >= 0.6 is 22.6 Å². The fraction of sp³-hybridized carbons (Fsp3) is 0.150. The number of hydrogen-bond acceptors (Lipinski definition) is 4. The molecule has 0 aliphatic heterocycles. The zero-order chi connectivity index (χ0) is 19.1. The molecule has 3 aromatic rings. The van der Waals surface area contributed by atoms with Crippen LogP contribution < -0.4 is 10.1 Å². The van der Waals surface area contributed by atoms with Crippen molar-refractivity contribution in [2.24, 2.45) is 0 Å². The van der Waals surface area contributed by atoms with Gasteiger partial charge in [0.1, 0.15) is 18.2 Å². The quantitative estimate of drug-likeness (QED) is 0.517. The highest BCUT2D eigenvalue weighted by molar-refractivity contribution is 14.1. The Morgan fingerprint density at radius 3 is 2.59 bits per heavy atom. The zero-order valence-electron chi connectivity index (χ0n) is 14.4. The van der Waals surface area contributed by atoms with Crippen LogP contribution in [0.2, 0.25) is 0 Å². The molecule has 136 valence electrons. The van der Waals surface area contributed by atoms with E-state index in [0.717, 1.165) is 9.39 Å². The van der Waals surface area contributed by atoms with Crippen LogP contribution in [-0.2, 0) is 6.42 Å². The number of ether oxygens (including phenoxy) is 1. The predicted molar refractivity (Wildman–Crippen MR) is 109 cm³/mol. The average Bonchev–Trinajstić information content (AvgIpc) is 3.20. The summed E-state index contributed by atoms with van der Waals surface area (Å²) in [5.41, 5.74) is 1.17. The lowest BCUT2D eigenvalue weighted by atomic mass is 10.1. The van der Waals surface area contributed by atoms with Gasteiger partial charge in [-0.2, -0.15) is 5.26 Å². The lowest BCUT2D eigenvalue weighted by Crippen LogP contribution is -2.41. The molecule has 2 aromatic carbocycles. The maximum absolute atomic E-state index is 12.6. The van der Waals surface area contributed by atoms with Gasteiger partial charge in [0.25, 0.3) is 5.91 Å². The Morgan fingerprint density at radius 2 is 1.96 bits per heavy atom. The Morgan fingerprint density at radius 1 is 1.22 bits per heavy atom. The second-order valence-electron chi connectivity index (χ2n) is 5.86. The summed E-state index contributed by atoms with van der Waals surface area (Å²) in [4.78, 5) is 19.8. The van der Waals surface area contributed by atoms with Crippen LogP contribution in [-0.4, -0.2) is 28.5 Å². The fourth-order valence-electron chi connectivity index (χ4n) is 2.49. The van der Waals surface area contributed by atoms with Gasteiger partial charge < -0.3 is 15.0 Å². The molecule has 0 bridgehead atoms. The molecule has 0 radical (unpaired) electrons. The van der Waals surface area contributed by atoms with Crippen molar-refractivity contribution >= 4 is 28.5 Å². The van der Waals surface area contributed by atoms with Crippen molar-refractivity contribution in [3.63, 3.8) is 0 Å². The smallest absolute Gasteiger partial charge is 0.251 e. The number of hydrogen-bond donors (Lipinski definition) is 2. The Kier molecular flexibility index (Phi) is 6.44. The van der Waals surface area contributed by atoms with E-state index in [0.29, 0.717) is 23.3 Å². The van der Waals surface area contributed by atoms with Crippen LogP contribution in [0.3, 0.4) is 0 Å². The molecule has 1 amide bonds. The largest absolute Gasteiger partial charge is 0.491 e. The molecule has 1 unspecified atom stereocenters. The molecule has 0 aliphatic carbocycles. The van der Waals surface area contributed by atoms with Crippen molar-refractivity contribution in [3.8, 4) is 11.8 Å². The molecule has 6 nitrogen and oxygen atoms in total. The van der Waals surface area contributed by atoms with Crippen LogP contribution in [0.5, 0.6) is 5.75 Å². The van der Waals surface area contributed by atoms with Gasteiger partial charge >= 0.3 is 0 Å². The summed E-state index contributed by atoms with van der Waals surface area (Å²) < 4.78 is 6.88. The van der Waals surface area contributed by atoms with Gasteiger partial charge in [0, 0.05) is 27.9 Å². The van der Waals surface area contributed by atoms with Crippen LogP contribution in [0, 0.1) is 14.9 Å². The van der Waals surface area contributed by atoms with E-state index < -0.39 is 0 Å². The van der Waals surface area contributed by atoms with Gasteiger partial charge in [-0.3, -0.25) is 4.79 Å². The second-order valence-corrected chi connectivity index (χ2v) is 7.11. The number of amides is 1. The number of nitrogens with one attached hydrogen (secondary N) is 2. The number of aromatic nitrogens is 2. The Balaban J connectivity index is 1.67. The minimum atomic E-state index is -0.265. The molecule has 0 spiro atoms. The number of nitrogens with zero attached hydrogens (tertiary/aromatic N) is 2. The fourth-order valence-corrected chi connectivity index (χ4v) is 2.85. The number of imidazole rings is 1. The highest BCUT2D eigenvalue weighted by atomic mass is 127. The maximum atomic E-state index is 12.6. The van der Waals surface area contributed by atoms with Gasteiger partial charge in [-0.05, 0) is 71.1 Å². The zero-order valence-corrected chi connectivity index (χ0v) is 16.5. The first-order valence-corrected chi connectivity index (χ1v) is 9.39. The number of aromatic amines is 1. The summed E-state index contributed by atoms with van der Waals surface area (Å²) in [7, 11) is 0. The Hall–Kier alpha value is -2.86. The molecule has 0 saturated heterocycles. The van der Waals surface area contributed by atoms with E-state index in [1.54, 1.807) is 48.8 Å². The van der Waals surface area contributed by atoms with Crippen molar-refractivity contribution in [2.45, 2.75) is 12.5 Å². The predicted octanol–water partition coefficient (Wildman–Crippen LogP) is 3.31. The lowest BCUT2D eigenvalue weighted by molar-refractivity contribution is 0.0921. The monoisotopic (exact) mass is 472 g/mol. The molecule has 0 aliphatic rings. The molecule has 1 aromatic heterocycles. The van der Waals surface area contributed by atoms with Crippen molar-refractivity contribution in [1.82, 2.24) is 15.3 Å². The van der Waals surface area contributed by atoms with Crippen LogP contribution in [0.15, 0.2) is 60.9 Å². The molecule has 1 atom stereocenters. The standard InChI is InChI=1S/C20H17IN4O2/c21-16-5-3-15(4-6-16)20(26)25-17(11-19-23-9-10-24-19)13-27-18-7-1-14(12-22)2-8-18/h1-10,17H,11,13H2,(H,23,24)(H,25,26). The van der Waals surface area contributed by atoms with Gasteiger partial charge in [-0.25, -0.2) is 4.98 Å². The van der Waals surface area contributed by atoms with E-state index in [4.69, 9.17) is 10.00 Å². The molecule has 27 heavy (non-hydrogen) atoms. The van der Waals surface area contributed by atoms with Crippen molar-refractivity contribution in [2.75, 3.05) is 6.61 Å². The molecular formula is C20H17IN4O2. The van der Waals surface area contributed by atoms with E-state index in [9.17, 15) is 4.79 Å². The number of benzene rings is 2. The molecular weight excluding hydrogens is 455 g/mol. The first-order chi connectivity index (χ1) is 13.1. The molecule has 2 N–H and O–H groups in total. The number of rotatable bonds is 7. The third-order valence-corrected chi connectivity index (χ3v) is 4.59. The molecule has 7 heteroatoms. The van der Waals surface area contributed by atoms with Gasteiger partial charge in [0.05, 0.1) is 17.7 Å². The minimum Gasteiger partial charge on any atom is -0.491 e. The van der Waals surface area contributed by atoms with E-state index in [-0.39, 0.29) is 18.6 Å². The minimum absolute atomic E-state index is 0.161. The maximum Gasteiger partial charge on any atom is 0.251 e. The number of carbonyl (C=O) groups is 1. The van der Waals surface area contributed by atoms with Crippen molar-refractivity contribution < 1.29 is 9.53 Å². The van der Waals surface area contributed by atoms with E-state index in [1.165, 1.54) is 0 Å². The average molecular weight is 472 g/mol. The highest BCUT2D eigenvalue weighted by Crippen LogP contribution is 2.13. The number of H-pyrrole nitrogens is 1. The SMILES string of the molecule is N#Cc1ccc(OCC(Cc2ncc[nH]2)NC(=O)c2ccc(I)cc2)cc1. The van der Waals surface area contributed by atoms with Crippen LogP contribution in [0.25, 0.3) is 0 Å². The summed E-state index contributed by atoms with van der Waals surface area (Å²) in [6.07, 6.45) is 3.93. The second kappa shape index (κ2) is 9.19. The summed E-state index contributed by atoms with van der Waals surface area (Å²) >= 11 is 2.20. The van der Waals surface area contributed by atoms with E-state index in [2.05, 4.69) is 43.9 Å². The summed E-state index contributed by atoms with van der Waals surface area (Å²) in [5.74, 6) is 1.25. The van der Waals surface area contributed by atoms with Crippen molar-refractivity contribution in [3.05, 3.63) is 81.4 Å². The molecule has 1 heterocycles. The topological polar surface area (TPSA) is 90.8 Å². The molecule has 3 rings (SSSR count). The number of halogens is 1. The van der Waals surface area contributed by atoms with Crippen LogP contribution in [0.1, 0.15) is 21.7 Å². The van der Waals surface area contributed by atoms with Gasteiger partial charge in [0.15, 0.2) is 0 Å². The van der Waals surface area contributed by atoms with Gasteiger partial charge in [-0.1, -0.05) is 0 Å². The third kappa shape index (κ3) is 5.56. The third-order valence-electron chi connectivity index (χ3n) is 3.87. The van der Waals surface area contributed by atoms with E-state index >= 15 is 0 Å². The number of carbonyl (C=O) groups excluding carboxylic acids is 1. The van der Waals surface area contributed by atoms with Gasteiger partial charge in [0.2, 0.25) is 0 Å². The first-order valence-electron chi connectivity index (χ1n) is 8.31. The highest BCUT2D eigenvalue weighted by Gasteiger charge is 2.16. The Labute approximate surface area is 170 Å². The number of nitriles is 1. The lowest BCUT2D eigenvalue weighted by Gasteiger charge is -2.19. The Bertz CT molecular complexity index is 916. The van der Waals surface area contributed by atoms with E-state index in [1.807, 2.05) is 12.1 Å². The molecule has 0 fully saturated rings. The summed E-state index contributed by atoms with van der Waals surface area (Å²) in [5, 5.41) is 11.9. The molecule has 0 saturated carbocycles. The van der Waals surface area contributed by atoms with Gasteiger partial charge in [-0.15, -0.1) is 0 Å². The summed E-state index contributed by atoms with van der Waals surface area (Å²) in [6.45, 7) is 0.280. The normalized spacial score (nSPS) is 11.4. The first kappa shape index (κ1) is 18.9. The van der Waals surface area contributed by atoms with Crippen molar-refractivity contribution in [1.29, 1.82) is 5.26 Å². The summed E-state index contributed by atoms with van der Waals surface area (Å²) in [6, 6.07) is 16.1. The van der Waals surface area contributed by atoms with Crippen LogP contribution in [0.4, 0.5) is 0 Å².